The van der Waals surface area contributed by atoms with Gasteiger partial charge in [0.15, 0.2) is 5.65 Å². The highest BCUT2D eigenvalue weighted by Crippen LogP contribution is 2.28. The van der Waals surface area contributed by atoms with Gasteiger partial charge in [-0.1, -0.05) is 28.1 Å². The van der Waals surface area contributed by atoms with Crippen LogP contribution in [0.4, 0.5) is 5.95 Å². The molecular formula is C18H20BrN5O. The number of anilines is 1. The van der Waals surface area contributed by atoms with Gasteiger partial charge in [0, 0.05) is 17.6 Å². The zero-order valence-corrected chi connectivity index (χ0v) is 16.1. The second-order valence-electron chi connectivity index (χ2n) is 7.40. The number of halogens is 1. The molecule has 3 aromatic rings. The average Bonchev–Trinajstić information content (AvgIpc) is 2.99. The average molecular weight is 402 g/mol. The van der Waals surface area contributed by atoms with E-state index in [-0.39, 0.29) is 11.1 Å². The van der Waals surface area contributed by atoms with Gasteiger partial charge in [-0.2, -0.15) is 10.1 Å². The van der Waals surface area contributed by atoms with E-state index in [1.54, 1.807) is 6.20 Å². The van der Waals surface area contributed by atoms with Crippen LogP contribution in [0.5, 0.6) is 0 Å². The fourth-order valence-electron chi connectivity index (χ4n) is 3.29. The molecule has 0 saturated carbocycles. The summed E-state index contributed by atoms with van der Waals surface area (Å²) in [6, 6.07) is 6.24. The van der Waals surface area contributed by atoms with Crippen LogP contribution in [0.25, 0.3) is 11.0 Å². The molecule has 0 atom stereocenters. The number of hydrogen-bond donors (Lipinski definition) is 1. The molecule has 0 radical (unpaired) electrons. The van der Waals surface area contributed by atoms with Gasteiger partial charge in [-0.05, 0) is 44.4 Å². The van der Waals surface area contributed by atoms with E-state index in [2.05, 4.69) is 63.8 Å². The summed E-state index contributed by atoms with van der Waals surface area (Å²) in [5.74, 6) is 0.606. The van der Waals surface area contributed by atoms with Crippen molar-refractivity contribution in [3.05, 3.63) is 50.3 Å². The summed E-state index contributed by atoms with van der Waals surface area (Å²) < 4.78 is 2.96. The largest absolute Gasteiger partial charge is 0.338 e. The minimum atomic E-state index is -0.237. The standard InChI is InChI=1S/C18H20BrN5O/c1-18(2,3)24-15-13(9-20-24)16(25)22-17(21-15)23-8-7-12-11(10-23)5-4-6-14(12)19/h4-6,9H,7-8,10H2,1-3H3,(H,21,22,25). The molecule has 0 fully saturated rings. The van der Waals surface area contributed by atoms with Gasteiger partial charge in [-0.15, -0.1) is 0 Å². The highest BCUT2D eigenvalue weighted by Gasteiger charge is 2.23. The molecule has 1 aliphatic heterocycles. The van der Waals surface area contributed by atoms with E-state index >= 15 is 0 Å². The lowest BCUT2D eigenvalue weighted by atomic mass is 10.0. The van der Waals surface area contributed by atoms with Crippen LogP contribution in [-0.4, -0.2) is 26.3 Å². The zero-order valence-electron chi connectivity index (χ0n) is 14.5. The lowest BCUT2D eigenvalue weighted by molar-refractivity contribution is 0.366. The normalized spacial score (nSPS) is 14.8. The van der Waals surface area contributed by atoms with Crippen molar-refractivity contribution >= 4 is 32.9 Å². The first-order chi connectivity index (χ1) is 11.8. The Morgan fingerprint density at radius 1 is 1.28 bits per heavy atom. The summed E-state index contributed by atoms with van der Waals surface area (Å²) in [4.78, 5) is 22.3. The van der Waals surface area contributed by atoms with Gasteiger partial charge < -0.3 is 4.90 Å². The quantitative estimate of drug-likeness (QED) is 0.679. The number of nitrogens with one attached hydrogen (secondary N) is 1. The second-order valence-corrected chi connectivity index (χ2v) is 8.26. The van der Waals surface area contributed by atoms with Crippen molar-refractivity contribution in [3.8, 4) is 0 Å². The summed E-state index contributed by atoms with van der Waals surface area (Å²) in [6.07, 6.45) is 2.51. The number of aromatic amines is 1. The summed E-state index contributed by atoms with van der Waals surface area (Å²) in [5.41, 5.74) is 2.84. The van der Waals surface area contributed by atoms with E-state index < -0.39 is 0 Å². The van der Waals surface area contributed by atoms with E-state index in [9.17, 15) is 4.79 Å². The van der Waals surface area contributed by atoms with Crippen LogP contribution < -0.4 is 10.5 Å². The molecular weight excluding hydrogens is 382 g/mol. The van der Waals surface area contributed by atoms with Gasteiger partial charge in [-0.25, -0.2) is 4.68 Å². The molecule has 4 rings (SSSR count). The van der Waals surface area contributed by atoms with Crippen molar-refractivity contribution in [2.75, 3.05) is 11.4 Å². The highest BCUT2D eigenvalue weighted by molar-refractivity contribution is 9.10. The fraction of sp³-hybridized carbons (Fsp3) is 0.389. The number of nitrogens with zero attached hydrogens (tertiary/aromatic N) is 4. The maximum absolute atomic E-state index is 12.5. The van der Waals surface area contributed by atoms with Crippen LogP contribution in [-0.2, 0) is 18.5 Å². The summed E-state index contributed by atoms with van der Waals surface area (Å²) >= 11 is 3.62. The van der Waals surface area contributed by atoms with Crippen molar-refractivity contribution in [3.63, 3.8) is 0 Å². The Hall–Kier alpha value is -2.15. The number of benzene rings is 1. The maximum Gasteiger partial charge on any atom is 0.263 e. The molecule has 1 N–H and O–H groups in total. The van der Waals surface area contributed by atoms with Crippen molar-refractivity contribution in [1.29, 1.82) is 0 Å². The molecule has 2 aromatic heterocycles. The Bertz CT molecular complexity index is 1010. The van der Waals surface area contributed by atoms with Gasteiger partial charge in [0.1, 0.15) is 5.39 Å². The van der Waals surface area contributed by atoms with Gasteiger partial charge in [0.05, 0.1) is 11.7 Å². The molecule has 3 heterocycles. The predicted molar refractivity (Wildman–Crippen MR) is 102 cm³/mol. The fourth-order valence-corrected chi connectivity index (χ4v) is 3.90. The van der Waals surface area contributed by atoms with Crippen LogP contribution >= 0.6 is 15.9 Å². The van der Waals surface area contributed by atoms with Crippen molar-refractivity contribution in [1.82, 2.24) is 19.7 Å². The Kier molecular flexibility index (Phi) is 3.72. The Labute approximate surface area is 154 Å². The Balaban J connectivity index is 1.79. The molecule has 0 unspecified atom stereocenters. The minimum absolute atomic E-state index is 0.143. The van der Waals surface area contributed by atoms with Crippen LogP contribution in [0.2, 0.25) is 0 Å². The number of H-pyrrole nitrogens is 1. The van der Waals surface area contributed by atoms with Gasteiger partial charge in [-0.3, -0.25) is 9.78 Å². The zero-order chi connectivity index (χ0) is 17.8. The first-order valence-electron chi connectivity index (χ1n) is 8.34. The number of rotatable bonds is 1. The number of hydrogen-bond acceptors (Lipinski definition) is 4. The Morgan fingerprint density at radius 3 is 2.84 bits per heavy atom. The SMILES string of the molecule is CC(C)(C)n1ncc2c(=O)[nH]c(N3CCc4c(Br)cccc4C3)nc21. The minimum Gasteiger partial charge on any atom is -0.338 e. The van der Waals surface area contributed by atoms with Crippen LogP contribution in [0, 0.1) is 0 Å². The lowest BCUT2D eigenvalue weighted by Crippen LogP contribution is -2.33. The molecule has 7 heteroatoms. The molecule has 1 aliphatic rings. The summed E-state index contributed by atoms with van der Waals surface area (Å²) in [6.45, 7) is 7.70. The van der Waals surface area contributed by atoms with Crippen LogP contribution in [0.15, 0.2) is 33.7 Å². The van der Waals surface area contributed by atoms with Crippen molar-refractivity contribution < 1.29 is 0 Å². The van der Waals surface area contributed by atoms with Gasteiger partial charge in [0.25, 0.3) is 5.56 Å². The van der Waals surface area contributed by atoms with Crippen LogP contribution in [0.3, 0.4) is 0 Å². The molecule has 130 valence electrons. The molecule has 0 bridgehead atoms. The molecule has 6 nitrogen and oxygen atoms in total. The smallest absolute Gasteiger partial charge is 0.263 e. The van der Waals surface area contributed by atoms with Crippen molar-refractivity contribution in [2.45, 2.75) is 39.3 Å². The third-order valence-electron chi connectivity index (χ3n) is 4.57. The number of fused-ring (bicyclic) bond motifs is 2. The van der Waals surface area contributed by atoms with Gasteiger partial charge >= 0.3 is 0 Å². The van der Waals surface area contributed by atoms with E-state index in [1.165, 1.54) is 11.1 Å². The lowest BCUT2D eigenvalue weighted by Gasteiger charge is -2.30. The van der Waals surface area contributed by atoms with E-state index in [0.29, 0.717) is 17.0 Å². The van der Waals surface area contributed by atoms with E-state index in [0.717, 1.165) is 24.0 Å². The molecule has 25 heavy (non-hydrogen) atoms. The van der Waals surface area contributed by atoms with E-state index in [1.807, 2.05) is 10.7 Å². The second kappa shape index (κ2) is 5.69. The first kappa shape index (κ1) is 16.3. The predicted octanol–water partition coefficient (Wildman–Crippen LogP) is 3.20. The van der Waals surface area contributed by atoms with Crippen LogP contribution in [0.1, 0.15) is 31.9 Å². The summed E-state index contributed by atoms with van der Waals surface area (Å²) in [5, 5.41) is 4.90. The molecule has 0 amide bonds. The third kappa shape index (κ3) is 2.76. The molecule has 0 aliphatic carbocycles. The topological polar surface area (TPSA) is 66.8 Å². The first-order valence-corrected chi connectivity index (χ1v) is 9.13. The van der Waals surface area contributed by atoms with E-state index in [4.69, 9.17) is 4.98 Å². The third-order valence-corrected chi connectivity index (χ3v) is 5.31. The molecule has 0 spiro atoms. The van der Waals surface area contributed by atoms with Gasteiger partial charge in [0.2, 0.25) is 5.95 Å². The summed E-state index contributed by atoms with van der Waals surface area (Å²) in [7, 11) is 0. The monoisotopic (exact) mass is 401 g/mol. The Morgan fingerprint density at radius 2 is 2.08 bits per heavy atom. The molecule has 0 saturated heterocycles. The maximum atomic E-state index is 12.5. The van der Waals surface area contributed by atoms with Crippen molar-refractivity contribution in [2.24, 2.45) is 0 Å². The molecule has 1 aromatic carbocycles. The number of aromatic nitrogens is 4. The highest BCUT2D eigenvalue weighted by atomic mass is 79.9.